The van der Waals surface area contributed by atoms with E-state index in [1.165, 1.54) is 44.9 Å². The molecule has 1 unspecified atom stereocenters. The number of piperidine rings is 3. The van der Waals surface area contributed by atoms with Gasteiger partial charge in [0.05, 0.1) is 30.8 Å². The molecule has 3 aliphatic rings. The number of esters is 1. The number of pyridine rings is 1. The van der Waals surface area contributed by atoms with Crippen LogP contribution in [0, 0.1) is 11.8 Å². The summed E-state index contributed by atoms with van der Waals surface area (Å²) in [5.41, 5.74) is 4.48. The third-order valence-electron chi connectivity index (χ3n) is 10.6. The Hall–Kier alpha value is -4.16. The van der Waals surface area contributed by atoms with Gasteiger partial charge in [-0.15, -0.1) is 6.58 Å². The maximum atomic E-state index is 13.9. The molecule has 2 bridgehead atoms. The summed E-state index contributed by atoms with van der Waals surface area (Å²) in [6, 6.07) is 23.9. The minimum absolute atomic E-state index is 0.0752. The van der Waals surface area contributed by atoms with E-state index in [9.17, 15) is 4.79 Å². The van der Waals surface area contributed by atoms with Gasteiger partial charge in [0, 0.05) is 23.7 Å². The minimum Gasteiger partial charge on any atom is -0.497 e. The lowest BCUT2D eigenvalue weighted by Crippen LogP contribution is -2.55. The van der Waals surface area contributed by atoms with Crippen LogP contribution in [0.3, 0.4) is 0 Å². The van der Waals surface area contributed by atoms with Gasteiger partial charge in [0.2, 0.25) is 0 Å². The van der Waals surface area contributed by atoms with Crippen molar-refractivity contribution in [3.05, 3.63) is 103 Å². The summed E-state index contributed by atoms with van der Waals surface area (Å²) in [6.45, 7) is 9.05. The second-order valence-corrected chi connectivity index (χ2v) is 13.8. The Morgan fingerprint density at radius 2 is 1.61 bits per heavy atom. The molecule has 6 heteroatoms. The number of methoxy groups -OCH3 is 1. The number of carbonyl (C=O) groups is 1. The molecule has 3 aromatic carbocycles. The first-order valence-electron chi connectivity index (χ1n) is 18.4. The van der Waals surface area contributed by atoms with E-state index in [1.54, 1.807) is 7.11 Å². The molecule has 258 valence electrons. The smallest absolute Gasteiger partial charge is 0.338 e. The number of carbonyl (C=O) groups excluding carboxylic acids is 1. The highest BCUT2D eigenvalue weighted by atomic mass is 16.5. The van der Waals surface area contributed by atoms with E-state index in [0.717, 1.165) is 78.1 Å². The Kier molecular flexibility index (Phi) is 12.0. The third-order valence-corrected chi connectivity index (χ3v) is 10.6. The number of unbranched alkanes of at least 4 members (excludes halogenated alkanes) is 7. The summed E-state index contributed by atoms with van der Waals surface area (Å²) in [5, 5.41) is 0.947. The van der Waals surface area contributed by atoms with Crippen LogP contribution in [0.25, 0.3) is 22.0 Å². The summed E-state index contributed by atoms with van der Waals surface area (Å²) in [6.07, 6.45) is 15.9. The molecule has 0 spiro atoms. The van der Waals surface area contributed by atoms with E-state index in [-0.39, 0.29) is 12.0 Å². The predicted octanol–water partition coefficient (Wildman–Crippen LogP) is 10.2. The SMILES string of the molecule is C=C[C@H]1CN2CC[C@H]1C[C@H]2[C@H](OC(=O)c1ccc(-c2ccc(OCCCCCCCCCC)cc2)cc1)c1ccnc2ccc(OC)cc12. The molecule has 3 fully saturated rings. The van der Waals surface area contributed by atoms with Crippen LogP contribution in [-0.4, -0.2) is 48.7 Å². The Balaban J connectivity index is 1.12. The fourth-order valence-corrected chi connectivity index (χ4v) is 7.71. The fraction of sp³-hybridized carbons (Fsp3) is 0.442. The number of aromatic nitrogens is 1. The van der Waals surface area contributed by atoms with Crippen LogP contribution in [0.5, 0.6) is 11.5 Å². The first-order valence-corrected chi connectivity index (χ1v) is 18.4. The van der Waals surface area contributed by atoms with Crippen molar-refractivity contribution < 1.29 is 19.0 Å². The minimum atomic E-state index is -0.448. The quantitative estimate of drug-likeness (QED) is 0.0638. The highest BCUT2D eigenvalue weighted by Gasteiger charge is 2.44. The first kappa shape index (κ1) is 34.7. The van der Waals surface area contributed by atoms with Gasteiger partial charge in [0.25, 0.3) is 0 Å². The highest BCUT2D eigenvalue weighted by molar-refractivity contribution is 5.91. The molecule has 4 heterocycles. The van der Waals surface area contributed by atoms with Gasteiger partial charge in [0.15, 0.2) is 0 Å². The summed E-state index contributed by atoms with van der Waals surface area (Å²) >= 11 is 0. The molecule has 4 aromatic rings. The topological polar surface area (TPSA) is 60.9 Å². The van der Waals surface area contributed by atoms with Crippen LogP contribution in [0.15, 0.2) is 91.6 Å². The number of hydrogen-bond donors (Lipinski definition) is 0. The third kappa shape index (κ3) is 8.53. The summed E-state index contributed by atoms with van der Waals surface area (Å²) < 4.78 is 18.1. The molecule has 1 aromatic heterocycles. The second kappa shape index (κ2) is 17.0. The standard InChI is InChI=1S/C43H52N2O4/c1-4-6-7-8-9-10-11-12-27-48-36-19-17-33(18-20-36)32-13-15-34(16-14-32)43(46)49-42(41-28-35-24-26-45(41)30-31(35)5-2)38-23-25-44-40-22-21-37(47-3)29-39(38)40/h5,13-23,25,29,31,35,41-42H,2,4,6-12,24,26-28,30H2,1,3H3/t31-,35-,41-,42+/m0/s1. The Morgan fingerprint density at radius 1 is 0.918 bits per heavy atom. The van der Waals surface area contributed by atoms with Crippen molar-refractivity contribution >= 4 is 16.9 Å². The van der Waals surface area contributed by atoms with E-state index >= 15 is 0 Å². The van der Waals surface area contributed by atoms with E-state index in [0.29, 0.717) is 17.4 Å². The molecule has 0 radical (unpaired) electrons. The van der Waals surface area contributed by atoms with Crippen LogP contribution in [0.4, 0.5) is 0 Å². The average Bonchev–Trinajstić information content (AvgIpc) is 3.16. The number of rotatable bonds is 17. The average molecular weight is 661 g/mol. The maximum absolute atomic E-state index is 13.9. The predicted molar refractivity (Wildman–Crippen MR) is 198 cm³/mol. The van der Waals surface area contributed by atoms with Crippen LogP contribution in [-0.2, 0) is 4.74 Å². The van der Waals surface area contributed by atoms with Crippen molar-refractivity contribution in [3.8, 4) is 22.6 Å². The van der Waals surface area contributed by atoms with Gasteiger partial charge in [-0.05, 0) is 97.3 Å². The number of ether oxygens (including phenoxy) is 3. The summed E-state index contributed by atoms with van der Waals surface area (Å²) in [5.74, 6) is 2.33. The Labute approximate surface area is 292 Å². The van der Waals surface area contributed by atoms with Crippen molar-refractivity contribution in [1.82, 2.24) is 9.88 Å². The Morgan fingerprint density at radius 3 is 2.29 bits per heavy atom. The molecule has 0 aliphatic carbocycles. The van der Waals surface area contributed by atoms with Crippen LogP contribution in [0.1, 0.15) is 93.2 Å². The zero-order chi connectivity index (χ0) is 34.0. The molecule has 0 saturated carbocycles. The second-order valence-electron chi connectivity index (χ2n) is 13.8. The zero-order valence-electron chi connectivity index (χ0n) is 29.3. The largest absolute Gasteiger partial charge is 0.497 e. The lowest BCUT2D eigenvalue weighted by Gasteiger charge is -2.51. The van der Waals surface area contributed by atoms with Gasteiger partial charge in [-0.3, -0.25) is 9.88 Å². The van der Waals surface area contributed by atoms with Crippen LogP contribution >= 0.6 is 0 Å². The molecular weight excluding hydrogens is 608 g/mol. The van der Waals surface area contributed by atoms with Crippen molar-refractivity contribution in [3.63, 3.8) is 0 Å². The molecule has 7 rings (SSSR count). The molecule has 0 N–H and O–H groups in total. The van der Waals surface area contributed by atoms with Gasteiger partial charge < -0.3 is 14.2 Å². The lowest BCUT2D eigenvalue weighted by molar-refractivity contribution is -0.0568. The number of fused-ring (bicyclic) bond motifs is 4. The fourth-order valence-electron chi connectivity index (χ4n) is 7.71. The molecule has 5 atom stereocenters. The molecule has 49 heavy (non-hydrogen) atoms. The van der Waals surface area contributed by atoms with E-state index in [2.05, 4.69) is 41.6 Å². The molecule has 3 aliphatic heterocycles. The lowest BCUT2D eigenvalue weighted by atomic mass is 9.73. The number of hydrogen-bond acceptors (Lipinski definition) is 6. The van der Waals surface area contributed by atoms with E-state index in [1.807, 2.05) is 66.9 Å². The molecule has 3 saturated heterocycles. The van der Waals surface area contributed by atoms with Crippen molar-refractivity contribution in [2.75, 3.05) is 26.8 Å². The first-order chi connectivity index (χ1) is 24.1. The molecule has 6 nitrogen and oxygen atoms in total. The van der Waals surface area contributed by atoms with Crippen molar-refractivity contribution in [2.45, 2.75) is 83.3 Å². The van der Waals surface area contributed by atoms with Gasteiger partial charge in [-0.2, -0.15) is 0 Å². The zero-order valence-corrected chi connectivity index (χ0v) is 29.3. The number of benzene rings is 3. The maximum Gasteiger partial charge on any atom is 0.338 e. The summed E-state index contributed by atoms with van der Waals surface area (Å²) in [7, 11) is 1.67. The summed E-state index contributed by atoms with van der Waals surface area (Å²) in [4.78, 5) is 21.0. The normalized spacial score (nSPS) is 20.5. The van der Waals surface area contributed by atoms with E-state index < -0.39 is 6.10 Å². The van der Waals surface area contributed by atoms with Crippen LogP contribution < -0.4 is 9.47 Å². The Bertz CT molecular complexity index is 1670. The monoisotopic (exact) mass is 660 g/mol. The van der Waals surface area contributed by atoms with Gasteiger partial charge in [0.1, 0.15) is 17.6 Å². The van der Waals surface area contributed by atoms with Crippen molar-refractivity contribution in [2.24, 2.45) is 11.8 Å². The van der Waals surface area contributed by atoms with Gasteiger partial charge in [-0.25, -0.2) is 4.79 Å². The van der Waals surface area contributed by atoms with Crippen LogP contribution in [0.2, 0.25) is 0 Å². The molecular formula is C43H52N2O4. The van der Waals surface area contributed by atoms with Crippen molar-refractivity contribution in [1.29, 1.82) is 0 Å². The highest BCUT2D eigenvalue weighted by Crippen LogP contribution is 2.44. The van der Waals surface area contributed by atoms with Gasteiger partial charge >= 0.3 is 5.97 Å². The van der Waals surface area contributed by atoms with Gasteiger partial charge in [-0.1, -0.05) is 82.2 Å². The number of nitrogens with zero attached hydrogens (tertiary/aromatic N) is 2. The van der Waals surface area contributed by atoms with E-state index in [4.69, 9.17) is 14.2 Å². The molecule has 0 amide bonds.